The van der Waals surface area contributed by atoms with Crippen LogP contribution in [0, 0.1) is 5.92 Å². The number of hydrogen-bond donors (Lipinski definition) is 2. The third kappa shape index (κ3) is 8.20. The van der Waals surface area contributed by atoms with Crippen LogP contribution in [0.1, 0.15) is 33.1 Å². The zero-order valence-corrected chi connectivity index (χ0v) is 18.5. The molecule has 1 aromatic rings. The molecule has 2 amide bonds. The van der Waals surface area contributed by atoms with Crippen molar-refractivity contribution < 1.29 is 23.8 Å². The Balaban J connectivity index is 1.70. The van der Waals surface area contributed by atoms with Crippen LogP contribution in [0.15, 0.2) is 18.2 Å². The molecule has 0 bridgehead atoms. The molecule has 0 radical (unpaired) electrons. The Hall–Kier alpha value is -2.32. The third-order valence-corrected chi connectivity index (χ3v) is 5.03. The van der Waals surface area contributed by atoms with E-state index in [0.717, 1.165) is 32.4 Å². The number of methoxy groups -OCH3 is 2. The summed E-state index contributed by atoms with van der Waals surface area (Å²) in [6.45, 7) is 7.04. The fourth-order valence-electron chi connectivity index (χ4n) is 3.38. The van der Waals surface area contributed by atoms with Crippen LogP contribution in [0.3, 0.4) is 0 Å². The Morgan fingerprint density at radius 3 is 2.30 bits per heavy atom. The minimum atomic E-state index is -0.0987. The minimum absolute atomic E-state index is 0.0120. The van der Waals surface area contributed by atoms with Crippen molar-refractivity contribution in [2.24, 2.45) is 5.92 Å². The second-order valence-electron chi connectivity index (χ2n) is 7.76. The lowest BCUT2D eigenvalue weighted by atomic mass is 9.96. The molecule has 0 saturated carbocycles. The van der Waals surface area contributed by atoms with Gasteiger partial charge in [0.1, 0.15) is 11.5 Å². The molecule has 8 heteroatoms. The SMILES string of the molecule is COc1cc(NC(=O)CN2CCC(C(=O)NCCCOC(C)C)CC2)cc(OC)c1. The zero-order chi connectivity index (χ0) is 21.9. The van der Waals surface area contributed by atoms with Gasteiger partial charge in [-0.1, -0.05) is 0 Å². The Bertz CT molecular complexity index is 665. The highest BCUT2D eigenvalue weighted by molar-refractivity contribution is 5.92. The van der Waals surface area contributed by atoms with Gasteiger partial charge in [0.2, 0.25) is 11.8 Å². The first kappa shape index (κ1) is 24.0. The highest BCUT2D eigenvalue weighted by Gasteiger charge is 2.25. The summed E-state index contributed by atoms with van der Waals surface area (Å²) in [4.78, 5) is 26.8. The van der Waals surface area contributed by atoms with Crippen molar-refractivity contribution in [3.05, 3.63) is 18.2 Å². The summed E-state index contributed by atoms with van der Waals surface area (Å²) < 4.78 is 15.9. The van der Waals surface area contributed by atoms with Gasteiger partial charge >= 0.3 is 0 Å². The van der Waals surface area contributed by atoms with Crippen molar-refractivity contribution in [1.29, 1.82) is 0 Å². The van der Waals surface area contributed by atoms with Gasteiger partial charge in [0.05, 0.1) is 26.9 Å². The fourth-order valence-corrected chi connectivity index (χ4v) is 3.38. The lowest BCUT2D eigenvalue weighted by Gasteiger charge is -2.30. The van der Waals surface area contributed by atoms with Crippen molar-refractivity contribution in [1.82, 2.24) is 10.2 Å². The molecule has 0 aliphatic carbocycles. The standard InChI is InChI=1S/C22H35N3O5/c1-16(2)30-11-5-8-23-22(27)17-6-9-25(10-7-17)15-21(26)24-18-12-19(28-3)14-20(13-18)29-4/h12-14,16-17H,5-11,15H2,1-4H3,(H,23,27)(H,24,26). The number of nitrogens with one attached hydrogen (secondary N) is 2. The topological polar surface area (TPSA) is 89.1 Å². The van der Waals surface area contributed by atoms with Crippen LogP contribution in [0.25, 0.3) is 0 Å². The second-order valence-corrected chi connectivity index (χ2v) is 7.76. The fraction of sp³-hybridized carbons (Fsp3) is 0.636. The molecule has 0 aromatic heterocycles. The number of likely N-dealkylation sites (tertiary alicyclic amines) is 1. The molecule has 2 N–H and O–H groups in total. The summed E-state index contributed by atoms with van der Waals surface area (Å²) in [6, 6.07) is 5.26. The molecule has 1 heterocycles. The Morgan fingerprint density at radius 2 is 1.73 bits per heavy atom. The summed E-state index contributed by atoms with van der Waals surface area (Å²) >= 11 is 0. The molecule has 0 atom stereocenters. The van der Waals surface area contributed by atoms with E-state index in [1.54, 1.807) is 32.4 Å². The first-order chi connectivity index (χ1) is 14.4. The normalized spacial score (nSPS) is 15.1. The summed E-state index contributed by atoms with van der Waals surface area (Å²) in [5.74, 6) is 1.25. The molecule has 30 heavy (non-hydrogen) atoms. The number of nitrogens with zero attached hydrogens (tertiary/aromatic N) is 1. The molecule has 0 unspecified atom stereocenters. The van der Waals surface area contributed by atoms with Gasteiger partial charge in [-0.05, 0) is 46.2 Å². The van der Waals surface area contributed by atoms with E-state index < -0.39 is 0 Å². The molecule has 2 rings (SSSR count). The van der Waals surface area contributed by atoms with Gasteiger partial charge in [-0.15, -0.1) is 0 Å². The lowest BCUT2D eigenvalue weighted by molar-refractivity contribution is -0.126. The number of hydrogen-bond acceptors (Lipinski definition) is 6. The third-order valence-electron chi connectivity index (χ3n) is 5.03. The highest BCUT2D eigenvalue weighted by atomic mass is 16.5. The van der Waals surface area contributed by atoms with Crippen LogP contribution in [-0.4, -0.2) is 69.8 Å². The largest absolute Gasteiger partial charge is 0.497 e. The molecule has 1 aromatic carbocycles. The average Bonchev–Trinajstić information content (AvgIpc) is 2.73. The predicted molar refractivity (Wildman–Crippen MR) is 116 cm³/mol. The van der Waals surface area contributed by atoms with Crippen LogP contribution in [0.2, 0.25) is 0 Å². The van der Waals surface area contributed by atoms with Gasteiger partial charge < -0.3 is 24.8 Å². The maximum absolute atomic E-state index is 12.4. The van der Waals surface area contributed by atoms with E-state index in [1.807, 2.05) is 13.8 Å². The number of benzene rings is 1. The van der Waals surface area contributed by atoms with Crippen LogP contribution in [0.4, 0.5) is 5.69 Å². The van der Waals surface area contributed by atoms with E-state index in [0.29, 0.717) is 36.9 Å². The van der Waals surface area contributed by atoms with Gasteiger partial charge in [0, 0.05) is 43.0 Å². The summed E-state index contributed by atoms with van der Waals surface area (Å²) in [5.41, 5.74) is 0.631. The minimum Gasteiger partial charge on any atom is -0.497 e. The van der Waals surface area contributed by atoms with E-state index in [9.17, 15) is 9.59 Å². The molecule has 1 aliphatic heterocycles. The Kier molecular flexibility index (Phi) is 9.89. The molecule has 168 valence electrons. The van der Waals surface area contributed by atoms with Crippen LogP contribution in [0.5, 0.6) is 11.5 Å². The van der Waals surface area contributed by atoms with Crippen LogP contribution < -0.4 is 20.1 Å². The monoisotopic (exact) mass is 421 g/mol. The van der Waals surface area contributed by atoms with Crippen molar-refractivity contribution in [2.45, 2.75) is 39.2 Å². The lowest BCUT2D eigenvalue weighted by Crippen LogP contribution is -2.43. The number of amides is 2. The predicted octanol–water partition coefficient (Wildman–Crippen LogP) is 2.29. The van der Waals surface area contributed by atoms with Crippen molar-refractivity contribution in [3.63, 3.8) is 0 Å². The van der Waals surface area contributed by atoms with Gasteiger partial charge in [-0.3, -0.25) is 14.5 Å². The maximum atomic E-state index is 12.4. The number of piperidine rings is 1. The number of rotatable bonds is 11. The molecule has 8 nitrogen and oxygen atoms in total. The number of ether oxygens (including phenoxy) is 3. The van der Waals surface area contributed by atoms with Crippen LogP contribution >= 0.6 is 0 Å². The Labute approximate surface area is 179 Å². The second kappa shape index (κ2) is 12.4. The molecule has 0 spiro atoms. The molecular weight excluding hydrogens is 386 g/mol. The smallest absolute Gasteiger partial charge is 0.238 e. The molecule has 1 saturated heterocycles. The van der Waals surface area contributed by atoms with Crippen LogP contribution in [-0.2, 0) is 14.3 Å². The molecule has 1 fully saturated rings. The Morgan fingerprint density at radius 1 is 1.10 bits per heavy atom. The molecule has 1 aliphatic rings. The quantitative estimate of drug-likeness (QED) is 0.533. The highest BCUT2D eigenvalue weighted by Crippen LogP contribution is 2.26. The first-order valence-corrected chi connectivity index (χ1v) is 10.6. The van der Waals surface area contributed by atoms with Gasteiger partial charge in [-0.25, -0.2) is 0 Å². The van der Waals surface area contributed by atoms with Gasteiger partial charge in [-0.2, -0.15) is 0 Å². The zero-order valence-electron chi connectivity index (χ0n) is 18.5. The van der Waals surface area contributed by atoms with Crippen molar-refractivity contribution in [3.8, 4) is 11.5 Å². The van der Waals surface area contributed by atoms with E-state index in [4.69, 9.17) is 14.2 Å². The first-order valence-electron chi connectivity index (χ1n) is 10.6. The summed E-state index contributed by atoms with van der Waals surface area (Å²) in [5, 5.41) is 5.88. The number of anilines is 1. The van der Waals surface area contributed by atoms with E-state index in [2.05, 4.69) is 15.5 Å². The van der Waals surface area contributed by atoms with E-state index >= 15 is 0 Å². The number of carbonyl (C=O) groups is 2. The maximum Gasteiger partial charge on any atom is 0.238 e. The van der Waals surface area contributed by atoms with Crippen molar-refractivity contribution >= 4 is 17.5 Å². The van der Waals surface area contributed by atoms with Gasteiger partial charge in [0.25, 0.3) is 0 Å². The number of carbonyl (C=O) groups excluding carboxylic acids is 2. The summed E-state index contributed by atoms with van der Waals surface area (Å²) in [6.07, 6.45) is 2.55. The summed E-state index contributed by atoms with van der Waals surface area (Å²) in [7, 11) is 3.14. The average molecular weight is 422 g/mol. The van der Waals surface area contributed by atoms with E-state index in [1.165, 1.54) is 0 Å². The molecular formula is C22H35N3O5. The van der Waals surface area contributed by atoms with Crippen molar-refractivity contribution in [2.75, 3.05) is 52.3 Å². The van der Waals surface area contributed by atoms with E-state index in [-0.39, 0.29) is 23.8 Å². The van der Waals surface area contributed by atoms with Gasteiger partial charge in [0.15, 0.2) is 0 Å².